The molecule has 0 radical (unpaired) electrons. The first-order chi connectivity index (χ1) is 12.0. The monoisotopic (exact) mass is 342 g/mol. The molecule has 0 bridgehead atoms. The van der Waals surface area contributed by atoms with Gasteiger partial charge >= 0.3 is 0 Å². The van der Waals surface area contributed by atoms with Crippen molar-refractivity contribution in [2.45, 2.75) is 12.5 Å². The number of nitrogens with zero attached hydrogens (tertiary/aromatic N) is 1. The van der Waals surface area contributed by atoms with Crippen molar-refractivity contribution in [3.63, 3.8) is 0 Å². The van der Waals surface area contributed by atoms with E-state index in [0.29, 0.717) is 5.39 Å². The summed E-state index contributed by atoms with van der Waals surface area (Å²) in [5, 5.41) is 14.2. The van der Waals surface area contributed by atoms with Crippen LogP contribution in [-0.4, -0.2) is 28.6 Å². The van der Waals surface area contributed by atoms with E-state index in [9.17, 15) is 18.7 Å². The van der Waals surface area contributed by atoms with Crippen LogP contribution in [0.2, 0.25) is 0 Å². The van der Waals surface area contributed by atoms with Crippen LogP contribution < -0.4 is 5.32 Å². The zero-order valence-corrected chi connectivity index (χ0v) is 13.2. The zero-order valence-electron chi connectivity index (χ0n) is 13.2. The van der Waals surface area contributed by atoms with Crippen LogP contribution in [-0.2, 0) is 6.42 Å². The lowest BCUT2D eigenvalue weighted by Gasteiger charge is -2.13. The second-order valence-electron chi connectivity index (χ2n) is 5.68. The van der Waals surface area contributed by atoms with Crippen molar-refractivity contribution in [2.75, 3.05) is 6.54 Å². The van der Waals surface area contributed by atoms with Gasteiger partial charge in [0.1, 0.15) is 17.3 Å². The molecule has 2 aromatic carbocycles. The van der Waals surface area contributed by atoms with Crippen LogP contribution in [0, 0.1) is 11.6 Å². The average molecular weight is 342 g/mol. The van der Waals surface area contributed by atoms with E-state index in [1.54, 1.807) is 18.3 Å². The number of rotatable bonds is 5. The minimum absolute atomic E-state index is 0.0324. The van der Waals surface area contributed by atoms with E-state index >= 15 is 0 Å². The molecule has 0 aliphatic rings. The molecule has 0 aliphatic carbocycles. The molecule has 0 aliphatic heterocycles. The summed E-state index contributed by atoms with van der Waals surface area (Å²) in [5.74, 6) is -1.82. The third-order valence-corrected chi connectivity index (χ3v) is 3.86. The van der Waals surface area contributed by atoms with Crippen LogP contribution in [0.5, 0.6) is 0 Å². The summed E-state index contributed by atoms with van der Waals surface area (Å²) in [6.07, 6.45) is 0.510. The molecule has 0 saturated heterocycles. The minimum atomic E-state index is -1.00. The summed E-state index contributed by atoms with van der Waals surface area (Å²) in [6.45, 7) is -0.0689. The van der Waals surface area contributed by atoms with Crippen molar-refractivity contribution in [3.8, 4) is 0 Å². The number of halogens is 2. The number of aromatic nitrogens is 1. The maximum atomic E-state index is 13.6. The quantitative estimate of drug-likeness (QED) is 0.749. The largest absolute Gasteiger partial charge is 0.391 e. The number of hydrogen-bond acceptors (Lipinski definition) is 3. The highest BCUT2D eigenvalue weighted by Gasteiger charge is 2.15. The molecular formula is C19H16F2N2O2. The molecule has 6 heteroatoms. The van der Waals surface area contributed by atoms with Crippen LogP contribution in [0.25, 0.3) is 10.8 Å². The van der Waals surface area contributed by atoms with Crippen LogP contribution in [0.15, 0.2) is 54.7 Å². The minimum Gasteiger partial charge on any atom is -0.391 e. The molecular weight excluding hydrogens is 326 g/mol. The number of amides is 1. The number of aliphatic hydroxyl groups excluding tert-OH is 1. The van der Waals surface area contributed by atoms with Gasteiger partial charge < -0.3 is 10.4 Å². The number of carbonyl (C=O) groups is 1. The fourth-order valence-electron chi connectivity index (χ4n) is 2.61. The lowest BCUT2D eigenvalue weighted by Crippen LogP contribution is -2.33. The van der Waals surface area contributed by atoms with Gasteiger partial charge in [0, 0.05) is 30.6 Å². The van der Waals surface area contributed by atoms with Gasteiger partial charge in [-0.25, -0.2) is 8.78 Å². The summed E-state index contributed by atoms with van der Waals surface area (Å²) < 4.78 is 26.5. The summed E-state index contributed by atoms with van der Waals surface area (Å²) in [4.78, 5) is 16.4. The summed E-state index contributed by atoms with van der Waals surface area (Å²) in [6, 6.07) is 12.3. The zero-order chi connectivity index (χ0) is 17.8. The Balaban J connectivity index is 1.65. The van der Waals surface area contributed by atoms with Gasteiger partial charge in [-0.15, -0.1) is 0 Å². The Kier molecular flexibility index (Phi) is 5.00. The van der Waals surface area contributed by atoms with Gasteiger partial charge in [0.2, 0.25) is 0 Å². The Morgan fingerprint density at radius 1 is 1.16 bits per heavy atom. The maximum absolute atomic E-state index is 13.6. The number of fused-ring (bicyclic) bond motifs is 1. The molecule has 4 nitrogen and oxygen atoms in total. The lowest BCUT2D eigenvalue weighted by molar-refractivity contribution is 0.0912. The lowest BCUT2D eigenvalue weighted by atomic mass is 10.1. The van der Waals surface area contributed by atoms with Crippen LogP contribution in [0.1, 0.15) is 16.1 Å². The number of hydrogen-bond donors (Lipinski definition) is 2. The predicted molar refractivity (Wildman–Crippen MR) is 90.1 cm³/mol. The third-order valence-electron chi connectivity index (χ3n) is 3.86. The van der Waals surface area contributed by atoms with Crippen LogP contribution >= 0.6 is 0 Å². The molecule has 2 N–H and O–H groups in total. The number of aliphatic hydroxyl groups is 1. The van der Waals surface area contributed by atoms with Crippen molar-refractivity contribution in [3.05, 3.63) is 77.6 Å². The van der Waals surface area contributed by atoms with Crippen LogP contribution in [0.4, 0.5) is 8.78 Å². The third kappa shape index (κ3) is 3.97. The van der Waals surface area contributed by atoms with Crippen molar-refractivity contribution >= 4 is 16.7 Å². The molecule has 25 heavy (non-hydrogen) atoms. The van der Waals surface area contributed by atoms with E-state index in [1.165, 1.54) is 6.07 Å². The van der Waals surface area contributed by atoms with Crippen molar-refractivity contribution in [1.29, 1.82) is 0 Å². The van der Waals surface area contributed by atoms with Gasteiger partial charge in [-0.1, -0.05) is 30.3 Å². The van der Waals surface area contributed by atoms with Crippen molar-refractivity contribution in [1.82, 2.24) is 10.3 Å². The maximum Gasteiger partial charge on any atom is 0.270 e. The summed E-state index contributed by atoms with van der Waals surface area (Å²) >= 11 is 0. The van der Waals surface area contributed by atoms with Gasteiger partial charge in [0.25, 0.3) is 5.91 Å². The molecule has 0 saturated carbocycles. The summed E-state index contributed by atoms with van der Waals surface area (Å²) in [7, 11) is 0. The highest BCUT2D eigenvalue weighted by Crippen LogP contribution is 2.16. The van der Waals surface area contributed by atoms with E-state index < -0.39 is 23.6 Å². The van der Waals surface area contributed by atoms with E-state index in [2.05, 4.69) is 10.3 Å². The van der Waals surface area contributed by atoms with Gasteiger partial charge in [0.15, 0.2) is 0 Å². The smallest absolute Gasteiger partial charge is 0.270 e. The van der Waals surface area contributed by atoms with Crippen molar-refractivity contribution in [2.24, 2.45) is 0 Å². The van der Waals surface area contributed by atoms with Gasteiger partial charge in [-0.2, -0.15) is 0 Å². The SMILES string of the molecule is O=C(NCC(O)Cc1ccc(F)cc1F)c1nccc2ccccc12. The summed E-state index contributed by atoms with van der Waals surface area (Å²) in [5.41, 5.74) is 0.449. The molecule has 0 fully saturated rings. The number of pyridine rings is 1. The molecule has 3 aromatic rings. The molecule has 1 aromatic heterocycles. The Hall–Kier alpha value is -2.86. The highest BCUT2D eigenvalue weighted by atomic mass is 19.1. The molecule has 3 rings (SSSR count). The first kappa shape index (κ1) is 17.0. The number of nitrogens with one attached hydrogen (secondary N) is 1. The number of carbonyl (C=O) groups excluding carboxylic acids is 1. The predicted octanol–water partition coefficient (Wildman–Crippen LogP) is 2.85. The molecule has 0 spiro atoms. The van der Waals surface area contributed by atoms with Gasteiger partial charge in [-0.05, 0) is 23.1 Å². The van der Waals surface area contributed by atoms with E-state index in [1.807, 2.05) is 18.2 Å². The number of benzene rings is 2. The van der Waals surface area contributed by atoms with Crippen LogP contribution in [0.3, 0.4) is 0 Å². The van der Waals surface area contributed by atoms with Crippen molar-refractivity contribution < 1.29 is 18.7 Å². The molecule has 128 valence electrons. The second kappa shape index (κ2) is 7.36. The topological polar surface area (TPSA) is 62.2 Å². The second-order valence-corrected chi connectivity index (χ2v) is 5.68. The Bertz CT molecular complexity index is 910. The Morgan fingerprint density at radius 3 is 2.76 bits per heavy atom. The first-order valence-electron chi connectivity index (χ1n) is 7.78. The highest BCUT2D eigenvalue weighted by molar-refractivity contribution is 6.05. The molecule has 1 heterocycles. The Morgan fingerprint density at radius 2 is 1.96 bits per heavy atom. The fourth-order valence-corrected chi connectivity index (χ4v) is 2.61. The molecule has 1 atom stereocenters. The molecule has 1 amide bonds. The van der Waals surface area contributed by atoms with E-state index in [4.69, 9.17) is 0 Å². The van der Waals surface area contributed by atoms with E-state index in [-0.39, 0.29) is 24.2 Å². The fraction of sp³-hybridized carbons (Fsp3) is 0.158. The van der Waals surface area contributed by atoms with Gasteiger partial charge in [-0.3, -0.25) is 9.78 Å². The molecule has 1 unspecified atom stereocenters. The standard InChI is InChI=1S/C19H16F2N2O2/c20-14-6-5-13(17(21)10-14)9-15(24)11-23-19(25)18-16-4-2-1-3-12(16)7-8-22-18/h1-8,10,15,24H,9,11H2,(H,23,25). The first-order valence-corrected chi connectivity index (χ1v) is 7.78. The Labute approximate surface area is 143 Å². The van der Waals surface area contributed by atoms with Gasteiger partial charge in [0.05, 0.1) is 6.10 Å². The normalized spacial score (nSPS) is 12.1. The average Bonchev–Trinajstić information content (AvgIpc) is 2.61. The van der Waals surface area contributed by atoms with E-state index in [0.717, 1.165) is 17.5 Å².